The lowest BCUT2D eigenvalue weighted by atomic mass is 10.3. The molecule has 60 valence electrons. The minimum atomic E-state index is -3.00. The molecule has 2 atom stereocenters. The standard InChI is InChI=1S/C6H12O3S/c1-10(8,9)6-4-2-3-5(6)7/h5-7H,2-4H2,1H3/t5-,6+/m0/s1. The summed E-state index contributed by atoms with van der Waals surface area (Å²) in [7, 11) is -3.00. The van der Waals surface area contributed by atoms with Crippen LogP contribution in [0.2, 0.25) is 0 Å². The van der Waals surface area contributed by atoms with Crippen LogP contribution in [0.15, 0.2) is 0 Å². The zero-order valence-corrected chi connectivity index (χ0v) is 6.76. The number of aliphatic hydroxyl groups is 1. The Morgan fingerprint density at radius 3 is 2.20 bits per heavy atom. The Hall–Kier alpha value is -0.0900. The highest BCUT2D eigenvalue weighted by molar-refractivity contribution is 7.91. The summed E-state index contributed by atoms with van der Waals surface area (Å²) in [4.78, 5) is 0. The summed E-state index contributed by atoms with van der Waals surface area (Å²) in [5.74, 6) is 0. The molecular formula is C6H12O3S. The van der Waals surface area contributed by atoms with Crippen LogP contribution < -0.4 is 0 Å². The SMILES string of the molecule is CS(=O)(=O)[C@@H]1CCC[C@@H]1O. The van der Waals surface area contributed by atoms with Gasteiger partial charge in [0.25, 0.3) is 0 Å². The summed E-state index contributed by atoms with van der Waals surface area (Å²) in [6, 6.07) is 0. The van der Waals surface area contributed by atoms with Gasteiger partial charge in [0.15, 0.2) is 9.84 Å². The molecule has 1 aliphatic rings. The summed E-state index contributed by atoms with van der Waals surface area (Å²) < 4.78 is 21.8. The zero-order valence-electron chi connectivity index (χ0n) is 5.95. The Balaban J connectivity index is 2.74. The molecule has 0 bridgehead atoms. The highest BCUT2D eigenvalue weighted by Gasteiger charge is 2.32. The van der Waals surface area contributed by atoms with Crippen LogP contribution >= 0.6 is 0 Å². The van der Waals surface area contributed by atoms with Crippen molar-refractivity contribution in [3.63, 3.8) is 0 Å². The lowest BCUT2D eigenvalue weighted by molar-refractivity contribution is 0.185. The molecule has 0 radical (unpaired) electrons. The molecule has 0 aromatic heterocycles. The predicted molar refractivity (Wildman–Crippen MR) is 38.5 cm³/mol. The van der Waals surface area contributed by atoms with Gasteiger partial charge in [-0.25, -0.2) is 8.42 Å². The fourth-order valence-electron chi connectivity index (χ4n) is 1.41. The van der Waals surface area contributed by atoms with E-state index in [0.717, 1.165) is 6.42 Å². The van der Waals surface area contributed by atoms with E-state index in [9.17, 15) is 8.42 Å². The Morgan fingerprint density at radius 1 is 1.40 bits per heavy atom. The van der Waals surface area contributed by atoms with Crippen molar-refractivity contribution in [1.29, 1.82) is 0 Å². The first-order chi connectivity index (χ1) is 4.52. The van der Waals surface area contributed by atoms with E-state index in [4.69, 9.17) is 5.11 Å². The maximum Gasteiger partial charge on any atom is 0.152 e. The van der Waals surface area contributed by atoms with Crippen molar-refractivity contribution in [2.75, 3.05) is 6.26 Å². The van der Waals surface area contributed by atoms with Gasteiger partial charge in [-0.1, -0.05) is 0 Å². The summed E-state index contributed by atoms with van der Waals surface area (Å²) >= 11 is 0. The van der Waals surface area contributed by atoms with Crippen LogP contribution in [-0.4, -0.2) is 31.1 Å². The van der Waals surface area contributed by atoms with Gasteiger partial charge in [-0.2, -0.15) is 0 Å². The second-order valence-electron chi connectivity index (χ2n) is 2.87. The topological polar surface area (TPSA) is 54.4 Å². The van der Waals surface area contributed by atoms with E-state index in [1.807, 2.05) is 0 Å². The highest BCUT2D eigenvalue weighted by atomic mass is 32.2. The first-order valence-electron chi connectivity index (χ1n) is 3.39. The molecule has 0 heterocycles. The second-order valence-corrected chi connectivity index (χ2v) is 5.13. The lowest BCUT2D eigenvalue weighted by Crippen LogP contribution is -2.27. The summed E-state index contributed by atoms with van der Waals surface area (Å²) in [5, 5.41) is 8.65. The van der Waals surface area contributed by atoms with Crippen LogP contribution in [0.5, 0.6) is 0 Å². The molecule has 1 N–H and O–H groups in total. The molecule has 0 amide bonds. The molecule has 1 fully saturated rings. The van der Waals surface area contributed by atoms with E-state index in [1.54, 1.807) is 0 Å². The van der Waals surface area contributed by atoms with Crippen molar-refractivity contribution in [3.8, 4) is 0 Å². The average Bonchev–Trinajstić information content (AvgIpc) is 2.11. The molecule has 0 saturated heterocycles. The van der Waals surface area contributed by atoms with Crippen molar-refractivity contribution in [2.24, 2.45) is 0 Å². The summed E-state index contributed by atoms with van der Waals surface area (Å²) in [6.07, 6.45) is 2.66. The lowest BCUT2D eigenvalue weighted by Gasteiger charge is -2.10. The van der Waals surface area contributed by atoms with Gasteiger partial charge in [0.2, 0.25) is 0 Å². The van der Waals surface area contributed by atoms with Crippen LogP contribution in [0.25, 0.3) is 0 Å². The number of aliphatic hydroxyl groups excluding tert-OH is 1. The van der Waals surface area contributed by atoms with Crippen LogP contribution in [0.1, 0.15) is 19.3 Å². The monoisotopic (exact) mass is 164 g/mol. The normalized spacial score (nSPS) is 34.6. The Kier molecular flexibility index (Phi) is 2.01. The van der Waals surface area contributed by atoms with E-state index in [-0.39, 0.29) is 0 Å². The molecule has 0 aliphatic heterocycles. The van der Waals surface area contributed by atoms with E-state index < -0.39 is 21.2 Å². The predicted octanol–water partition coefficient (Wildman–Crippen LogP) is -0.0556. The Morgan fingerprint density at radius 2 is 2.00 bits per heavy atom. The molecule has 0 aromatic rings. The molecule has 1 saturated carbocycles. The Bertz CT molecular complexity index is 207. The summed E-state index contributed by atoms with van der Waals surface area (Å²) in [6.45, 7) is 0. The van der Waals surface area contributed by atoms with Gasteiger partial charge < -0.3 is 5.11 Å². The van der Waals surface area contributed by atoms with Gasteiger partial charge in [-0.15, -0.1) is 0 Å². The third-order valence-electron chi connectivity index (χ3n) is 1.97. The largest absolute Gasteiger partial charge is 0.392 e. The number of sulfone groups is 1. The van der Waals surface area contributed by atoms with Crippen molar-refractivity contribution in [2.45, 2.75) is 30.6 Å². The van der Waals surface area contributed by atoms with Gasteiger partial charge in [-0.3, -0.25) is 0 Å². The minimum absolute atomic E-state index is 0.493. The minimum Gasteiger partial charge on any atom is -0.392 e. The Labute approximate surface area is 61.0 Å². The molecule has 1 aliphatic carbocycles. The van der Waals surface area contributed by atoms with Crippen molar-refractivity contribution in [1.82, 2.24) is 0 Å². The van der Waals surface area contributed by atoms with Gasteiger partial charge in [0, 0.05) is 6.26 Å². The van der Waals surface area contributed by atoms with Crippen molar-refractivity contribution >= 4 is 9.84 Å². The van der Waals surface area contributed by atoms with E-state index >= 15 is 0 Å². The van der Waals surface area contributed by atoms with Crippen LogP contribution in [0, 0.1) is 0 Å². The zero-order chi connectivity index (χ0) is 7.78. The highest BCUT2D eigenvalue weighted by Crippen LogP contribution is 2.24. The average molecular weight is 164 g/mol. The third kappa shape index (κ3) is 1.49. The molecule has 0 unspecified atom stereocenters. The quantitative estimate of drug-likeness (QED) is 0.591. The molecule has 10 heavy (non-hydrogen) atoms. The second kappa shape index (κ2) is 2.51. The molecule has 4 heteroatoms. The number of hydrogen-bond acceptors (Lipinski definition) is 3. The fourth-order valence-corrected chi connectivity index (χ4v) is 2.71. The maximum absolute atomic E-state index is 10.9. The molecule has 3 nitrogen and oxygen atoms in total. The number of rotatable bonds is 1. The van der Waals surface area contributed by atoms with Gasteiger partial charge >= 0.3 is 0 Å². The van der Waals surface area contributed by atoms with E-state index in [1.165, 1.54) is 6.26 Å². The van der Waals surface area contributed by atoms with Gasteiger partial charge in [0.1, 0.15) is 0 Å². The van der Waals surface area contributed by atoms with Crippen LogP contribution in [-0.2, 0) is 9.84 Å². The van der Waals surface area contributed by atoms with Crippen LogP contribution in [0.3, 0.4) is 0 Å². The maximum atomic E-state index is 10.9. The first kappa shape index (κ1) is 8.01. The van der Waals surface area contributed by atoms with Gasteiger partial charge in [0.05, 0.1) is 11.4 Å². The smallest absolute Gasteiger partial charge is 0.152 e. The van der Waals surface area contributed by atoms with E-state index in [0.29, 0.717) is 12.8 Å². The molecule has 0 spiro atoms. The van der Waals surface area contributed by atoms with Crippen molar-refractivity contribution in [3.05, 3.63) is 0 Å². The van der Waals surface area contributed by atoms with Crippen LogP contribution in [0.4, 0.5) is 0 Å². The fraction of sp³-hybridized carbons (Fsp3) is 1.00. The van der Waals surface area contributed by atoms with Gasteiger partial charge in [-0.05, 0) is 19.3 Å². The van der Waals surface area contributed by atoms with Crippen molar-refractivity contribution < 1.29 is 13.5 Å². The van der Waals surface area contributed by atoms with E-state index in [2.05, 4.69) is 0 Å². The summed E-state index contributed by atoms with van der Waals surface area (Å²) in [5.41, 5.74) is 0. The third-order valence-corrected chi connectivity index (χ3v) is 3.62. The molecule has 1 rings (SSSR count). The first-order valence-corrected chi connectivity index (χ1v) is 5.34. The molecule has 0 aromatic carbocycles. The number of hydrogen-bond donors (Lipinski definition) is 1. The molecular weight excluding hydrogens is 152 g/mol.